The third kappa shape index (κ3) is 4.67. The normalized spacial score (nSPS) is 10.1. The second kappa shape index (κ2) is 8.26. The lowest BCUT2D eigenvalue weighted by atomic mass is 10.1. The van der Waals surface area contributed by atoms with Crippen LogP contribution in [0, 0.1) is 15.9 Å². The molecule has 2 aromatic rings. The van der Waals surface area contributed by atoms with E-state index in [-0.39, 0.29) is 27.6 Å². The number of ether oxygens (including phenoxy) is 1. The maximum atomic E-state index is 13.5. The van der Waals surface area contributed by atoms with Gasteiger partial charge in [-0.2, -0.15) is 0 Å². The summed E-state index contributed by atoms with van der Waals surface area (Å²) in [5, 5.41) is 16.0. The number of halogens is 2. The number of anilines is 2. The number of benzene rings is 2. The van der Waals surface area contributed by atoms with Crippen molar-refractivity contribution >= 4 is 40.5 Å². The molecule has 136 valence electrons. The fourth-order valence-corrected chi connectivity index (χ4v) is 2.19. The Balaban J connectivity index is 2.02. The lowest BCUT2D eigenvalue weighted by Crippen LogP contribution is -2.21. The van der Waals surface area contributed by atoms with Crippen LogP contribution in [0.4, 0.5) is 21.5 Å². The highest BCUT2D eigenvalue weighted by atomic mass is 35.5. The number of nitro benzene ring substituents is 1. The van der Waals surface area contributed by atoms with Crippen molar-refractivity contribution in [1.82, 2.24) is 0 Å². The molecule has 2 aromatic carbocycles. The summed E-state index contributed by atoms with van der Waals surface area (Å²) in [6.45, 7) is -0.702. The summed E-state index contributed by atoms with van der Waals surface area (Å²) in [5.41, 5.74) is -0.349. The standard InChI is InChI=1S/C16H13ClFN3O5/c1-19-12-5-2-9(6-14(12)21(24)25)16(23)26-8-15(22)20-13-7-10(17)3-4-11(13)18/h2-7,19H,8H2,1H3,(H,20,22). The molecule has 10 heteroatoms. The van der Waals surface area contributed by atoms with Crippen LogP contribution in [0.15, 0.2) is 36.4 Å². The topological polar surface area (TPSA) is 111 Å². The van der Waals surface area contributed by atoms with Crippen LogP contribution in [-0.4, -0.2) is 30.5 Å². The van der Waals surface area contributed by atoms with E-state index in [1.165, 1.54) is 31.3 Å². The van der Waals surface area contributed by atoms with E-state index in [0.29, 0.717) is 0 Å². The van der Waals surface area contributed by atoms with Gasteiger partial charge in [-0.15, -0.1) is 0 Å². The molecule has 0 spiro atoms. The first-order valence-corrected chi connectivity index (χ1v) is 7.58. The number of carbonyl (C=O) groups excluding carboxylic acids is 2. The third-order valence-corrected chi connectivity index (χ3v) is 3.47. The summed E-state index contributed by atoms with van der Waals surface area (Å²) in [7, 11) is 1.50. The zero-order valence-corrected chi connectivity index (χ0v) is 14.2. The molecule has 0 aliphatic heterocycles. The number of hydrogen-bond donors (Lipinski definition) is 2. The maximum Gasteiger partial charge on any atom is 0.338 e. The van der Waals surface area contributed by atoms with Gasteiger partial charge in [-0.25, -0.2) is 9.18 Å². The highest BCUT2D eigenvalue weighted by Crippen LogP contribution is 2.25. The van der Waals surface area contributed by atoms with Gasteiger partial charge in [0.05, 0.1) is 16.2 Å². The zero-order chi connectivity index (χ0) is 19.3. The SMILES string of the molecule is CNc1ccc(C(=O)OCC(=O)Nc2cc(Cl)ccc2F)cc1[N+](=O)[O-]. The molecule has 0 unspecified atom stereocenters. The van der Waals surface area contributed by atoms with E-state index in [1.807, 2.05) is 0 Å². The molecule has 0 saturated heterocycles. The van der Waals surface area contributed by atoms with Gasteiger partial charge in [0.25, 0.3) is 11.6 Å². The molecule has 0 aliphatic rings. The number of nitrogens with zero attached hydrogens (tertiary/aromatic N) is 1. The van der Waals surface area contributed by atoms with Crippen molar-refractivity contribution in [3.8, 4) is 0 Å². The van der Waals surface area contributed by atoms with E-state index in [2.05, 4.69) is 10.6 Å². The van der Waals surface area contributed by atoms with Crippen molar-refractivity contribution in [3.05, 3.63) is 62.9 Å². The Hall–Kier alpha value is -3.20. The number of rotatable bonds is 6. The van der Waals surface area contributed by atoms with Gasteiger partial charge in [0.15, 0.2) is 6.61 Å². The number of hydrogen-bond acceptors (Lipinski definition) is 6. The molecule has 2 N–H and O–H groups in total. The molecule has 0 saturated carbocycles. The zero-order valence-electron chi connectivity index (χ0n) is 13.4. The van der Waals surface area contributed by atoms with Gasteiger partial charge in [0.1, 0.15) is 11.5 Å². The van der Waals surface area contributed by atoms with E-state index < -0.39 is 29.2 Å². The molecule has 0 radical (unpaired) electrons. The third-order valence-electron chi connectivity index (χ3n) is 3.24. The largest absolute Gasteiger partial charge is 0.452 e. The molecule has 2 rings (SSSR count). The van der Waals surface area contributed by atoms with Gasteiger partial charge in [-0.3, -0.25) is 14.9 Å². The fraction of sp³-hybridized carbons (Fsp3) is 0.125. The smallest absolute Gasteiger partial charge is 0.338 e. The van der Waals surface area contributed by atoms with Gasteiger partial charge in [0.2, 0.25) is 0 Å². The molecule has 0 fully saturated rings. The van der Waals surface area contributed by atoms with Crippen LogP contribution in [0.3, 0.4) is 0 Å². The van der Waals surface area contributed by atoms with Crippen molar-refractivity contribution in [2.75, 3.05) is 24.3 Å². The van der Waals surface area contributed by atoms with Crippen molar-refractivity contribution in [1.29, 1.82) is 0 Å². The second-order valence-corrected chi connectivity index (χ2v) is 5.42. The lowest BCUT2D eigenvalue weighted by Gasteiger charge is -2.08. The molecule has 0 bridgehead atoms. The summed E-state index contributed by atoms with van der Waals surface area (Å²) in [4.78, 5) is 34.1. The number of amides is 1. The first-order valence-electron chi connectivity index (χ1n) is 7.20. The molecule has 26 heavy (non-hydrogen) atoms. The van der Waals surface area contributed by atoms with Crippen LogP contribution < -0.4 is 10.6 Å². The fourth-order valence-electron chi connectivity index (χ4n) is 2.02. The predicted molar refractivity (Wildman–Crippen MR) is 93.0 cm³/mol. The quantitative estimate of drug-likeness (QED) is 0.451. The van der Waals surface area contributed by atoms with Crippen molar-refractivity contribution in [3.63, 3.8) is 0 Å². The van der Waals surface area contributed by atoms with E-state index in [1.54, 1.807) is 0 Å². The van der Waals surface area contributed by atoms with Gasteiger partial charge in [-0.1, -0.05) is 11.6 Å². The minimum atomic E-state index is -0.933. The summed E-state index contributed by atoms with van der Waals surface area (Å²) >= 11 is 5.71. The molecule has 8 nitrogen and oxygen atoms in total. The van der Waals surface area contributed by atoms with Crippen molar-refractivity contribution in [2.45, 2.75) is 0 Å². The van der Waals surface area contributed by atoms with E-state index >= 15 is 0 Å². The highest BCUT2D eigenvalue weighted by molar-refractivity contribution is 6.30. The monoisotopic (exact) mass is 381 g/mol. The van der Waals surface area contributed by atoms with Gasteiger partial charge in [0, 0.05) is 18.1 Å². The number of nitrogens with one attached hydrogen (secondary N) is 2. The molecular weight excluding hydrogens is 369 g/mol. The van der Waals surface area contributed by atoms with Crippen LogP contribution in [0.25, 0.3) is 0 Å². The summed E-state index contributed by atoms with van der Waals surface area (Å²) in [6, 6.07) is 7.28. The Labute approximate surface area is 152 Å². The Morgan fingerprint density at radius 1 is 1.23 bits per heavy atom. The van der Waals surface area contributed by atoms with E-state index in [0.717, 1.165) is 12.1 Å². The minimum absolute atomic E-state index is 0.0996. The average molecular weight is 382 g/mol. The lowest BCUT2D eigenvalue weighted by molar-refractivity contribution is -0.384. The van der Waals surface area contributed by atoms with Gasteiger partial charge >= 0.3 is 5.97 Å². The summed E-state index contributed by atoms with van der Waals surface area (Å²) in [6.07, 6.45) is 0. The Bertz CT molecular complexity index is 875. The first-order chi connectivity index (χ1) is 12.3. The number of carbonyl (C=O) groups is 2. The Morgan fingerprint density at radius 2 is 1.96 bits per heavy atom. The highest BCUT2D eigenvalue weighted by Gasteiger charge is 2.18. The average Bonchev–Trinajstić information content (AvgIpc) is 2.62. The predicted octanol–water partition coefficient (Wildman–Crippen LogP) is 3.22. The van der Waals surface area contributed by atoms with Crippen LogP contribution in [0.2, 0.25) is 5.02 Å². The molecule has 0 heterocycles. The minimum Gasteiger partial charge on any atom is -0.452 e. The van der Waals surface area contributed by atoms with E-state index in [9.17, 15) is 24.1 Å². The van der Waals surface area contributed by atoms with E-state index in [4.69, 9.17) is 16.3 Å². The molecule has 0 aliphatic carbocycles. The van der Waals surface area contributed by atoms with Crippen molar-refractivity contribution < 1.29 is 23.6 Å². The number of nitro groups is 1. The molecule has 1 amide bonds. The van der Waals surface area contributed by atoms with Crippen LogP contribution in [0.5, 0.6) is 0 Å². The molecule has 0 atom stereocenters. The Kier molecular flexibility index (Phi) is 6.07. The summed E-state index contributed by atoms with van der Waals surface area (Å²) in [5.74, 6) is -2.43. The number of esters is 1. The van der Waals surface area contributed by atoms with Crippen LogP contribution >= 0.6 is 11.6 Å². The van der Waals surface area contributed by atoms with Crippen LogP contribution in [-0.2, 0) is 9.53 Å². The molecular formula is C16H13ClFN3O5. The Morgan fingerprint density at radius 3 is 2.62 bits per heavy atom. The summed E-state index contributed by atoms with van der Waals surface area (Å²) < 4.78 is 18.3. The maximum absolute atomic E-state index is 13.5. The first kappa shape index (κ1) is 19.1. The van der Waals surface area contributed by atoms with Crippen molar-refractivity contribution in [2.24, 2.45) is 0 Å². The second-order valence-electron chi connectivity index (χ2n) is 4.99. The molecule has 0 aromatic heterocycles. The van der Waals surface area contributed by atoms with Gasteiger partial charge < -0.3 is 15.4 Å². The van der Waals surface area contributed by atoms with Gasteiger partial charge in [-0.05, 0) is 30.3 Å². The van der Waals surface area contributed by atoms with Crippen LogP contribution in [0.1, 0.15) is 10.4 Å².